The van der Waals surface area contributed by atoms with E-state index in [9.17, 15) is 9.65 Å². The third kappa shape index (κ3) is 2.82. The van der Waals surface area contributed by atoms with Gasteiger partial charge in [-0.3, -0.25) is 4.90 Å². The van der Waals surface area contributed by atoms with Gasteiger partial charge in [0, 0.05) is 13.1 Å². The van der Waals surface area contributed by atoms with Crippen LogP contribution in [0.2, 0.25) is 0 Å². The first-order chi connectivity index (χ1) is 8.20. The lowest BCUT2D eigenvalue weighted by molar-refractivity contribution is -0.0269. The van der Waals surface area contributed by atoms with Crippen molar-refractivity contribution in [3.8, 4) is 6.07 Å². The minimum atomic E-state index is -0.318. The van der Waals surface area contributed by atoms with Crippen molar-refractivity contribution in [2.24, 2.45) is 0 Å². The van der Waals surface area contributed by atoms with E-state index in [0.29, 0.717) is 6.61 Å². The fraction of sp³-hybridized carbons (Fsp3) is 0.462. The van der Waals surface area contributed by atoms with Crippen molar-refractivity contribution in [3.05, 3.63) is 35.6 Å². The van der Waals surface area contributed by atoms with Gasteiger partial charge >= 0.3 is 0 Å². The van der Waals surface area contributed by atoms with Crippen LogP contribution >= 0.6 is 0 Å². The van der Waals surface area contributed by atoms with Crippen LogP contribution in [0.4, 0.5) is 4.39 Å². The van der Waals surface area contributed by atoms with Gasteiger partial charge in [-0.15, -0.1) is 0 Å². The van der Waals surface area contributed by atoms with E-state index in [-0.39, 0.29) is 18.0 Å². The SMILES string of the molecule is CC1CN(C(C#N)c2ccc(F)cc2)CCO1. The normalized spacial score (nSPS) is 23.0. The molecule has 3 nitrogen and oxygen atoms in total. The van der Waals surface area contributed by atoms with Crippen molar-refractivity contribution in [3.63, 3.8) is 0 Å². The van der Waals surface area contributed by atoms with Crippen molar-refractivity contribution in [2.45, 2.75) is 19.1 Å². The largest absolute Gasteiger partial charge is 0.376 e. The van der Waals surface area contributed by atoms with Gasteiger partial charge in [-0.1, -0.05) is 12.1 Å². The molecule has 2 rings (SSSR count). The van der Waals surface area contributed by atoms with Gasteiger partial charge in [0.15, 0.2) is 0 Å². The van der Waals surface area contributed by atoms with Gasteiger partial charge in [-0.25, -0.2) is 4.39 Å². The van der Waals surface area contributed by atoms with E-state index in [1.807, 2.05) is 6.92 Å². The lowest BCUT2D eigenvalue weighted by Crippen LogP contribution is -2.42. The van der Waals surface area contributed by atoms with Crippen molar-refractivity contribution < 1.29 is 9.13 Å². The molecule has 1 fully saturated rings. The predicted molar refractivity (Wildman–Crippen MR) is 61.7 cm³/mol. The van der Waals surface area contributed by atoms with E-state index in [4.69, 9.17) is 4.74 Å². The molecule has 1 aliphatic heterocycles. The minimum absolute atomic E-state index is 0.139. The number of nitriles is 1. The molecule has 0 aromatic heterocycles. The maximum atomic E-state index is 12.8. The topological polar surface area (TPSA) is 36.3 Å². The quantitative estimate of drug-likeness (QED) is 0.786. The van der Waals surface area contributed by atoms with Gasteiger partial charge in [0.05, 0.1) is 18.8 Å². The number of benzene rings is 1. The lowest BCUT2D eigenvalue weighted by Gasteiger charge is -2.34. The van der Waals surface area contributed by atoms with Gasteiger partial charge in [-0.2, -0.15) is 5.26 Å². The first kappa shape index (κ1) is 12.0. The summed E-state index contributed by atoms with van der Waals surface area (Å²) in [6, 6.07) is 8.08. The summed E-state index contributed by atoms with van der Waals surface area (Å²) >= 11 is 0. The molecule has 0 saturated carbocycles. The van der Waals surface area contributed by atoms with Gasteiger partial charge in [0.1, 0.15) is 11.9 Å². The van der Waals surface area contributed by atoms with Crippen molar-refractivity contribution in [1.29, 1.82) is 5.26 Å². The van der Waals surface area contributed by atoms with E-state index in [1.165, 1.54) is 12.1 Å². The Labute approximate surface area is 100 Å². The van der Waals surface area contributed by atoms with Crippen molar-refractivity contribution in [1.82, 2.24) is 4.90 Å². The van der Waals surface area contributed by atoms with E-state index in [1.54, 1.807) is 12.1 Å². The van der Waals surface area contributed by atoms with Crippen LogP contribution in [0.1, 0.15) is 18.5 Å². The number of hydrogen-bond acceptors (Lipinski definition) is 3. The maximum absolute atomic E-state index is 12.8. The molecule has 0 bridgehead atoms. The number of halogens is 1. The molecule has 2 atom stereocenters. The Morgan fingerprint density at radius 3 is 2.76 bits per heavy atom. The lowest BCUT2D eigenvalue weighted by atomic mass is 10.1. The summed E-state index contributed by atoms with van der Waals surface area (Å²) in [5.74, 6) is -0.277. The van der Waals surface area contributed by atoms with Crippen LogP contribution in [-0.2, 0) is 4.74 Å². The van der Waals surface area contributed by atoms with Gasteiger partial charge in [0.25, 0.3) is 0 Å². The van der Waals surface area contributed by atoms with Crippen LogP contribution in [0.25, 0.3) is 0 Å². The first-order valence-electron chi connectivity index (χ1n) is 5.71. The van der Waals surface area contributed by atoms with E-state index >= 15 is 0 Å². The zero-order valence-corrected chi connectivity index (χ0v) is 9.77. The highest BCUT2D eigenvalue weighted by Crippen LogP contribution is 2.22. The molecular formula is C13H15FN2O. The molecule has 1 saturated heterocycles. The number of ether oxygens (including phenoxy) is 1. The van der Waals surface area contributed by atoms with Crippen molar-refractivity contribution >= 4 is 0 Å². The van der Waals surface area contributed by atoms with Crippen LogP contribution in [0.3, 0.4) is 0 Å². The monoisotopic (exact) mass is 234 g/mol. The molecule has 90 valence electrons. The zero-order valence-electron chi connectivity index (χ0n) is 9.77. The zero-order chi connectivity index (χ0) is 12.3. The Hall–Kier alpha value is -1.44. The number of nitrogens with zero attached hydrogens (tertiary/aromatic N) is 2. The van der Waals surface area contributed by atoms with E-state index in [0.717, 1.165) is 18.7 Å². The summed E-state index contributed by atoms with van der Waals surface area (Å²) < 4.78 is 18.3. The molecule has 0 aliphatic carbocycles. The van der Waals surface area contributed by atoms with Gasteiger partial charge in [0.2, 0.25) is 0 Å². The molecule has 1 aromatic carbocycles. The second kappa shape index (κ2) is 5.26. The molecule has 1 heterocycles. The van der Waals surface area contributed by atoms with Gasteiger partial charge in [-0.05, 0) is 24.6 Å². The number of hydrogen-bond donors (Lipinski definition) is 0. The summed E-state index contributed by atoms with van der Waals surface area (Å²) in [6.45, 7) is 4.10. The van der Waals surface area contributed by atoms with E-state index < -0.39 is 0 Å². The molecule has 0 spiro atoms. The summed E-state index contributed by atoms with van der Waals surface area (Å²) in [6.07, 6.45) is 0.139. The smallest absolute Gasteiger partial charge is 0.124 e. The van der Waals surface area contributed by atoms with Crippen LogP contribution in [0, 0.1) is 17.1 Å². The Bertz CT molecular complexity index is 412. The molecule has 4 heteroatoms. The summed E-state index contributed by atoms with van der Waals surface area (Å²) in [4.78, 5) is 2.07. The highest BCUT2D eigenvalue weighted by molar-refractivity contribution is 5.24. The van der Waals surface area contributed by atoms with Crippen molar-refractivity contribution in [2.75, 3.05) is 19.7 Å². The molecular weight excluding hydrogens is 219 g/mol. The van der Waals surface area contributed by atoms with Crippen LogP contribution in [0.15, 0.2) is 24.3 Å². The third-order valence-corrected chi connectivity index (χ3v) is 2.95. The molecule has 0 amide bonds. The molecule has 0 radical (unpaired) electrons. The predicted octanol–water partition coefficient (Wildman–Crippen LogP) is 2.11. The van der Waals surface area contributed by atoms with Gasteiger partial charge < -0.3 is 4.74 Å². The summed E-state index contributed by atoms with van der Waals surface area (Å²) in [5.41, 5.74) is 0.836. The fourth-order valence-corrected chi connectivity index (χ4v) is 2.09. The molecule has 17 heavy (non-hydrogen) atoms. The summed E-state index contributed by atoms with van der Waals surface area (Å²) in [5, 5.41) is 9.26. The first-order valence-corrected chi connectivity index (χ1v) is 5.71. The van der Waals surface area contributed by atoms with E-state index in [2.05, 4.69) is 11.0 Å². The Balaban J connectivity index is 2.16. The number of rotatable bonds is 2. The Morgan fingerprint density at radius 1 is 1.47 bits per heavy atom. The highest BCUT2D eigenvalue weighted by atomic mass is 19.1. The standard InChI is InChI=1S/C13H15FN2O/c1-10-9-16(6-7-17-10)13(8-15)11-2-4-12(14)5-3-11/h2-5,10,13H,6-7,9H2,1H3. The minimum Gasteiger partial charge on any atom is -0.376 e. The third-order valence-electron chi connectivity index (χ3n) is 2.95. The van der Waals surface area contributed by atoms with Crippen LogP contribution < -0.4 is 0 Å². The number of morpholine rings is 1. The highest BCUT2D eigenvalue weighted by Gasteiger charge is 2.25. The van der Waals surface area contributed by atoms with Crippen LogP contribution in [-0.4, -0.2) is 30.7 Å². The maximum Gasteiger partial charge on any atom is 0.124 e. The average Bonchev–Trinajstić information content (AvgIpc) is 2.33. The molecule has 0 N–H and O–H groups in total. The second-order valence-corrected chi connectivity index (χ2v) is 4.26. The fourth-order valence-electron chi connectivity index (χ4n) is 2.09. The van der Waals surface area contributed by atoms with Crippen LogP contribution in [0.5, 0.6) is 0 Å². The molecule has 2 unspecified atom stereocenters. The Morgan fingerprint density at radius 2 is 2.18 bits per heavy atom. The molecule has 1 aromatic rings. The summed E-state index contributed by atoms with van der Waals surface area (Å²) in [7, 11) is 0. The molecule has 1 aliphatic rings. The average molecular weight is 234 g/mol. The second-order valence-electron chi connectivity index (χ2n) is 4.26. The Kier molecular flexibility index (Phi) is 3.72.